The van der Waals surface area contributed by atoms with Gasteiger partial charge in [-0.1, -0.05) is 50.2 Å². The summed E-state index contributed by atoms with van der Waals surface area (Å²) in [6.45, 7) is 4.82. The maximum atomic E-state index is 14.4. The molecule has 25 heteroatoms. The minimum Gasteiger partial charge on any atom is -0.481 e. The molecule has 25 nitrogen and oxygen atoms in total. The standard InChI is InChI=1S/C47H63N11O14/c1-22(2)15-32(42(66)52-31(13-14-37(49)61)41(65)58-39(24(4)60)47(71)72)54-43(67)33(16-25-19-50-29-11-7-5-9-27(25)29)56-46(70)36(21-59)57-44(68)34(17-26-20-51-30-12-8-6-10-28(26)30)55-45(69)35(18-38(62)63)53-40(64)23(3)48/h5-12,19-20,22-24,31-36,39,50-51,59-60H,13-18,21,48H2,1-4H3,(H2,49,61)(H,52,66)(H,53,64)(H,54,67)(H,55,69)(H,56,70)(H,57,68)(H,58,65)(H,62,63)(H,71,72). The van der Waals surface area contributed by atoms with Crippen LogP contribution in [0.25, 0.3) is 21.8 Å². The first kappa shape index (κ1) is 56.7. The summed E-state index contributed by atoms with van der Waals surface area (Å²) in [6, 6.07) is 1.44. The van der Waals surface area contributed by atoms with Gasteiger partial charge in [0.1, 0.15) is 36.3 Å². The molecule has 0 spiro atoms. The number of primary amides is 1. The molecule has 2 heterocycles. The second-order valence-electron chi connectivity index (χ2n) is 17.8. The number of hydrogen-bond acceptors (Lipinski definition) is 13. The number of fused-ring (bicyclic) bond motifs is 2. The van der Waals surface area contributed by atoms with E-state index in [-0.39, 0.29) is 25.2 Å². The molecule has 72 heavy (non-hydrogen) atoms. The van der Waals surface area contributed by atoms with Crippen LogP contribution < -0.4 is 48.7 Å². The van der Waals surface area contributed by atoms with Crippen LogP contribution in [0.2, 0.25) is 0 Å². The van der Waals surface area contributed by atoms with Crippen LogP contribution in [0.4, 0.5) is 0 Å². The number of hydrogen-bond donors (Lipinski definition) is 15. The summed E-state index contributed by atoms with van der Waals surface area (Å²) >= 11 is 0. The van der Waals surface area contributed by atoms with Crippen molar-refractivity contribution < 1.29 is 68.4 Å². The molecule has 0 aliphatic carbocycles. The van der Waals surface area contributed by atoms with Gasteiger partial charge in [0.2, 0.25) is 47.3 Å². The molecular formula is C47H63N11O14. The molecule has 0 fully saturated rings. The average molecular weight is 1010 g/mol. The number of rotatable bonds is 28. The lowest BCUT2D eigenvalue weighted by Crippen LogP contribution is -2.61. The fourth-order valence-corrected chi connectivity index (χ4v) is 7.60. The summed E-state index contributed by atoms with van der Waals surface area (Å²) in [4.78, 5) is 138. The average Bonchev–Trinajstić information content (AvgIpc) is 3.92. The molecule has 0 radical (unpaired) electrons. The Morgan fingerprint density at radius 2 is 0.986 bits per heavy atom. The molecule has 9 atom stereocenters. The normalized spacial score (nSPS) is 15.1. The van der Waals surface area contributed by atoms with Crippen LogP contribution >= 0.6 is 0 Å². The summed E-state index contributed by atoms with van der Waals surface area (Å²) in [5, 5.41) is 57.7. The third-order valence-corrected chi connectivity index (χ3v) is 11.4. The van der Waals surface area contributed by atoms with E-state index in [1.807, 2.05) is 0 Å². The third kappa shape index (κ3) is 16.3. The van der Waals surface area contributed by atoms with Gasteiger partial charge in [-0.15, -0.1) is 0 Å². The van der Waals surface area contributed by atoms with E-state index in [9.17, 15) is 68.4 Å². The monoisotopic (exact) mass is 1010 g/mol. The molecule has 17 N–H and O–H groups in total. The molecule has 0 bridgehead atoms. The molecule has 0 saturated carbocycles. The maximum Gasteiger partial charge on any atom is 0.328 e. The molecule has 0 aliphatic heterocycles. The molecule has 390 valence electrons. The predicted molar refractivity (Wildman–Crippen MR) is 258 cm³/mol. The van der Waals surface area contributed by atoms with Gasteiger partial charge in [-0.3, -0.25) is 43.2 Å². The highest BCUT2D eigenvalue weighted by atomic mass is 16.4. The van der Waals surface area contributed by atoms with E-state index < -0.39 is 140 Å². The lowest BCUT2D eigenvalue weighted by Gasteiger charge is -2.28. The first-order chi connectivity index (χ1) is 34.0. The lowest BCUT2D eigenvalue weighted by molar-refractivity contribution is -0.145. The highest BCUT2D eigenvalue weighted by Crippen LogP contribution is 2.21. The zero-order chi connectivity index (χ0) is 53.4. The molecule has 0 saturated heterocycles. The Morgan fingerprint density at radius 3 is 1.43 bits per heavy atom. The van der Waals surface area contributed by atoms with Crippen LogP contribution in [0.3, 0.4) is 0 Å². The quantitative estimate of drug-likeness (QED) is 0.0278. The first-order valence-corrected chi connectivity index (χ1v) is 23.0. The van der Waals surface area contributed by atoms with Gasteiger partial charge in [-0.2, -0.15) is 0 Å². The van der Waals surface area contributed by atoms with E-state index in [0.717, 1.165) is 6.92 Å². The van der Waals surface area contributed by atoms with Gasteiger partial charge in [-0.05, 0) is 55.9 Å². The number of aliphatic hydroxyl groups excluding tert-OH is 2. The molecule has 4 rings (SSSR count). The van der Waals surface area contributed by atoms with Crippen LogP contribution in [0.1, 0.15) is 64.5 Å². The van der Waals surface area contributed by atoms with Gasteiger partial charge >= 0.3 is 11.9 Å². The lowest BCUT2D eigenvalue weighted by atomic mass is 9.99. The van der Waals surface area contributed by atoms with E-state index in [2.05, 4.69) is 47.2 Å². The Hall–Kier alpha value is -7.90. The number of aromatic nitrogens is 2. The van der Waals surface area contributed by atoms with E-state index >= 15 is 0 Å². The summed E-state index contributed by atoms with van der Waals surface area (Å²) < 4.78 is 0. The Kier molecular flexibility index (Phi) is 20.7. The summed E-state index contributed by atoms with van der Waals surface area (Å²) in [6.07, 6.45) is -0.658. The van der Waals surface area contributed by atoms with Crippen LogP contribution in [0, 0.1) is 5.92 Å². The SMILES string of the molecule is CC(C)CC(NC(=O)C(Cc1c[nH]c2ccccc12)NC(=O)C(CO)NC(=O)C(Cc1c[nH]c2ccccc12)NC(=O)C(CC(=O)O)NC(=O)C(C)N)C(=O)NC(CCC(N)=O)C(=O)NC(C(=O)O)C(C)O. The van der Waals surface area contributed by atoms with Crippen LogP contribution in [0.15, 0.2) is 60.9 Å². The molecule has 9 unspecified atom stereocenters. The second kappa shape index (κ2) is 26.3. The number of carbonyl (C=O) groups is 10. The third-order valence-electron chi connectivity index (χ3n) is 11.4. The van der Waals surface area contributed by atoms with Crippen LogP contribution in [0.5, 0.6) is 0 Å². The smallest absolute Gasteiger partial charge is 0.328 e. The highest BCUT2D eigenvalue weighted by Gasteiger charge is 2.36. The molecule has 4 aromatic rings. The molecule has 0 aliphatic rings. The number of aliphatic hydroxyl groups is 2. The Labute approximate surface area is 412 Å². The molecular weight excluding hydrogens is 943 g/mol. The number of H-pyrrole nitrogens is 2. The maximum absolute atomic E-state index is 14.4. The first-order valence-electron chi connectivity index (χ1n) is 23.0. The van der Waals surface area contributed by atoms with Crippen molar-refractivity contribution in [2.24, 2.45) is 17.4 Å². The Balaban J connectivity index is 1.65. The number of aliphatic carboxylic acids is 2. The van der Waals surface area contributed by atoms with Crippen molar-refractivity contribution in [2.45, 2.75) is 121 Å². The summed E-state index contributed by atoms with van der Waals surface area (Å²) in [5.41, 5.74) is 13.3. The van der Waals surface area contributed by atoms with E-state index in [4.69, 9.17) is 11.5 Å². The number of nitrogens with one attached hydrogen (secondary N) is 9. The van der Waals surface area contributed by atoms with Gasteiger partial charge in [0, 0.05) is 53.5 Å². The van der Waals surface area contributed by atoms with Crippen molar-refractivity contribution in [3.63, 3.8) is 0 Å². The number of benzene rings is 2. The highest BCUT2D eigenvalue weighted by molar-refractivity contribution is 5.99. The topological polar surface area (TPSA) is 419 Å². The molecule has 8 amide bonds. The van der Waals surface area contributed by atoms with Crippen molar-refractivity contribution >= 4 is 81.0 Å². The van der Waals surface area contributed by atoms with Crippen molar-refractivity contribution in [1.82, 2.24) is 47.2 Å². The van der Waals surface area contributed by atoms with Gasteiger partial charge < -0.3 is 79.1 Å². The molecule has 2 aromatic heterocycles. The minimum atomic E-state index is -1.80. The van der Waals surface area contributed by atoms with Gasteiger partial charge in [0.05, 0.1) is 25.2 Å². The van der Waals surface area contributed by atoms with E-state index in [1.54, 1.807) is 74.8 Å². The van der Waals surface area contributed by atoms with E-state index in [1.165, 1.54) is 6.92 Å². The zero-order valence-corrected chi connectivity index (χ0v) is 40.0. The Morgan fingerprint density at radius 1 is 0.569 bits per heavy atom. The number of carboxylic acid groups (broad SMARTS) is 2. The van der Waals surface area contributed by atoms with Crippen molar-refractivity contribution in [2.75, 3.05) is 6.61 Å². The summed E-state index contributed by atoms with van der Waals surface area (Å²) in [5.74, 6) is -11.3. The van der Waals surface area contributed by atoms with Crippen molar-refractivity contribution in [3.05, 3.63) is 72.1 Å². The fraction of sp³-hybridized carbons (Fsp3) is 0.447. The van der Waals surface area contributed by atoms with Gasteiger partial charge in [-0.25, -0.2) is 4.79 Å². The zero-order valence-electron chi connectivity index (χ0n) is 40.0. The largest absolute Gasteiger partial charge is 0.481 e. The number of aromatic amines is 2. The number of carbonyl (C=O) groups excluding carboxylic acids is 8. The number of para-hydroxylation sites is 2. The number of amides is 8. The predicted octanol–water partition coefficient (Wildman–Crippen LogP) is -2.58. The fourth-order valence-electron chi connectivity index (χ4n) is 7.60. The second-order valence-corrected chi connectivity index (χ2v) is 17.8. The van der Waals surface area contributed by atoms with Crippen LogP contribution in [-0.4, -0.2) is 151 Å². The van der Waals surface area contributed by atoms with Crippen molar-refractivity contribution in [1.29, 1.82) is 0 Å². The number of nitrogens with two attached hydrogens (primary N) is 2. The van der Waals surface area contributed by atoms with Gasteiger partial charge in [0.15, 0.2) is 6.04 Å². The van der Waals surface area contributed by atoms with Gasteiger partial charge in [0.25, 0.3) is 0 Å². The van der Waals surface area contributed by atoms with Crippen molar-refractivity contribution in [3.8, 4) is 0 Å². The Bertz CT molecular complexity index is 2610. The minimum absolute atomic E-state index is 0.0536. The van der Waals surface area contributed by atoms with Crippen LogP contribution in [-0.2, 0) is 60.8 Å². The van der Waals surface area contributed by atoms with E-state index in [0.29, 0.717) is 32.9 Å². The summed E-state index contributed by atoms with van der Waals surface area (Å²) in [7, 11) is 0. The molecule has 2 aromatic carbocycles. The number of carboxylic acids is 2.